The smallest absolute Gasteiger partial charge is 0.507 e. The van der Waals surface area contributed by atoms with Crippen LogP contribution in [0.15, 0.2) is 78.9 Å². The first-order chi connectivity index (χ1) is 21.6. The second kappa shape index (κ2) is 12.6. The van der Waals surface area contributed by atoms with Gasteiger partial charge >= 0.3 is 13.8 Å². The van der Waals surface area contributed by atoms with Crippen LogP contribution in [0.1, 0.15) is 112 Å². The number of benzene rings is 4. The molecule has 2 atom stereocenters. The van der Waals surface area contributed by atoms with E-state index in [-0.39, 0.29) is 28.1 Å². The molecule has 0 saturated carbocycles. The molecule has 1 N–H and O–H groups in total. The highest BCUT2D eigenvalue weighted by atomic mass is 31.2. The number of hydrogen-bond donors (Lipinski definition) is 1. The summed E-state index contributed by atoms with van der Waals surface area (Å²) in [7, 11) is -4.52. The molecule has 5 rings (SSSR count). The maximum absolute atomic E-state index is 14.5. The van der Waals surface area contributed by atoms with Gasteiger partial charge in [0.1, 0.15) is 17.2 Å². The molecule has 46 heavy (non-hydrogen) atoms. The number of carbonyl (C=O) groups is 1. The molecule has 0 aliphatic carbocycles. The van der Waals surface area contributed by atoms with E-state index in [9.17, 15) is 14.5 Å². The average molecular weight is 641 g/mol. The van der Waals surface area contributed by atoms with Crippen LogP contribution in [0, 0.1) is 0 Å². The lowest BCUT2D eigenvalue weighted by molar-refractivity contribution is 0.0688. The number of aryl methyl sites for hydroxylation is 1. The van der Waals surface area contributed by atoms with Gasteiger partial charge in [0.25, 0.3) is 0 Å². The van der Waals surface area contributed by atoms with Crippen molar-refractivity contribution in [1.29, 1.82) is 0 Å². The Morgan fingerprint density at radius 1 is 0.848 bits per heavy atom. The van der Waals surface area contributed by atoms with Gasteiger partial charge in [-0.15, -0.1) is 0 Å². The number of fused-ring (bicyclic) bond motifs is 2. The largest absolute Gasteiger partial charge is 0.649 e. The average Bonchev–Trinajstić information content (AvgIpc) is 2.98. The van der Waals surface area contributed by atoms with Crippen LogP contribution in [-0.4, -0.2) is 11.1 Å². The second-order valence-electron chi connectivity index (χ2n) is 14.2. The standard InChI is InChI=1S/C39H45O6P/c1-9-10-16-26-17-15-22-34-35(26)25(2)28-18-13-14-21-33(28)43-46(42,44-34)45-37(41)30-20-12-11-19-29(30)27-23-31(38(3,4)5)36(40)32(24-27)39(6,7)8/h11-15,17-25,40H,9-10,16H2,1-8H3. The summed E-state index contributed by atoms with van der Waals surface area (Å²) in [6.07, 6.45) is 2.87. The van der Waals surface area contributed by atoms with Gasteiger partial charge in [-0.05, 0) is 70.7 Å². The molecule has 0 aromatic heterocycles. The van der Waals surface area contributed by atoms with Gasteiger partial charge in [-0.3, -0.25) is 0 Å². The molecule has 4 aromatic carbocycles. The van der Waals surface area contributed by atoms with E-state index in [1.165, 1.54) is 0 Å². The Bertz CT molecular complexity index is 1780. The van der Waals surface area contributed by atoms with Gasteiger partial charge in [0.15, 0.2) is 0 Å². The van der Waals surface area contributed by atoms with Crippen LogP contribution in [-0.2, 0) is 26.3 Å². The van der Waals surface area contributed by atoms with Gasteiger partial charge in [0.2, 0.25) is 0 Å². The van der Waals surface area contributed by atoms with Gasteiger partial charge in [0, 0.05) is 28.2 Å². The van der Waals surface area contributed by atoms with Crippen LogP contribution in [0.4, 0.5) is 0 Å². The summed E-state index contributed by atoms with van der Waals surface area (Å²) in [5.41, 5.74) is 5.17. The first-order valence-corrected chi connectivity index (χ1v) is 17.5. The zero-order chi connectivity index (χ0) is 33.4. The van der Waals surface area contributed by atoms with E-state index in [1.807, 2.05) is 84.0 Å². The van der Waals surface area contributed by atoms with E-state index in [0.717, 1.165) is 52.6 Å². The van der Waals surface area contributed by atoms with Crippen molar-refractivity contribution < 1.29 is 28.0 Å². The third kappa shape index (κ3) is 6.73. The van der Waals surface area contributed by atoms with Crippen molar-refractivity contribution in [3.63, 3.8) is 0 Å². The fraction of sp³-hybridized carbons (Fsp3) is 0.359. The molecular formula is C39H45O6P. The van der Waals surface area contributed by atoms with Gasteiger partial charge < -0.3 is 18.7 Å². The first kappa shape index (κ1) is 33.3. The molecular weight excluding hydrogens is 595 g/mol. The van der Waals surface area contributed by atoms with Gasteiger partial charge in [-0.2, -0.15) is 4.57 Å². The SMILES string of the molecule is CCCCc1cccc2c1C(C)c1ccccc1OP(=O)(OC(=O)c1ccccc1-c1cc(C(C)(C)C)c(O)c(C(C)(C)C)c1)O2. The summed E-state index contributed by atoms with van der Waals surface area (Å²) in [6, 6.07) is 23.9. The van der Waals surface area contributed by atoms with Crippen LogP contribution in [0.25, 0.3) is 11.1 Å². The number of rotatable bonds is 6. The fourth-order valence-electron chi connectivity index (χ4n) is 6.12. The highest BCUT2D eigenvalue weighted by Gasteiger charge is 2.41. The molecule has 4 aromatic rings. The van der Waals surface area contributed by atoms with Crippen molar-refractivity contribution in [2.24, 2.45) is 0 Å². The van der Waals surface area contributed by atoms with E-state index in [0.29, 0.717) is 17.1 Å². The maximum Gasteiger partial charge on any atom is 0.649 e. The Hall–Kier alpha value is -4.02. The molecule has 242 valence electrons. The molecule has 0 bridgehead atoms. The Kier molecular flexibility index (Phi) is 9.16. The zero-order valence-electron chi connectivity index (χ0n) is 28.1. The van der Waals surface area contributed by atoms with Crippen LogP contribution < -0.4 is 9.05 Å². The highest BCUT2D eigenvalue weighted by Crippen LogP contribution is 2.56. The summed E-state index contributed by atoms with van der Waals surface area (Å²) in [5, 5.41) is 11.3. The van der Waals surface area contributed by atoms with Crippen molar-refractivity contribution >= 4 is 13.8 Å². The highest BCUT2D eigenvalue weighted by molar-refractivity contribution is 7.50. The minimum Gasteiger partial charge on any atom is -0.507 e. The number of carbonyl (C=O) groups excluding carboxylic acids is 1. The normalized spacial score (nSPS) is 17.9. The Morgan fingerprint density at radius 2 is 1.43 bits per heavy atom. The van der Waals surface area contributed by atoms with Crippen LogP contribution >= 0.6 is 7.82 Å². The van der Waals surface area contributed by atoms with Crippen molar-refractivity contribution in [2.75, 3.05) is 0 Å². The van der Waals surface area contributed by atoms with Crippen LogP contribution in [0.2, 0.25) is 0 Å². The molecule has 1 heterocycles. The lowest BCUT2D eigenvalue weighted by Gasteiger charge is -2.29. The number of aromatic hydroxyl groups is 1. The molecule has 0 radical (unpaired) electrons. The predicted molar refractivity (Wildman–Crippen MR) is 184 cm³/mol. The van der Waals surface area contributed by atoms with Crippen molar-refractivity contribution in [3.05, 3.63) is 112 Å². The number of hydrogen-bond acceptors (Lipinski definition) is 6. The Morgan fingerprint density at radius 3 is 2.09 bits per heavy atom. The number of phenolic OH excluding ortho intramolecular Hbond substituents is 1. The molecule has 0 spiro atoms. The Labute approximate surface area is 273 Å². The van der Waals surface area contributed by atoms with E-state index < -0.39 is 13.8 Å². The number of phosphoric ester groups is 1. The summed E-state index contributed by atoms with van der Waals surface area (Å²) < 4.78 is 32.4. The number of para-hydroxylation sites is 1. The van der Waals surface area contributed by atoms with Gasteiger partial charge in [0.05, 0.1) is 5.56 Å². The summed E-state index contributed by atoms with van der Waals surface area (Å²) in [4.78, 5) is 14.0. The van der Waals surface area contributed by atoms with Gasteiger partial charge in [-0.25, -0.2) is 4.79 Å². The molecule has 6 nitrogen and oxygen atoms in total. The fourth-order valence-corrected chi connectivity index (χ4v) is 7.34. The molecule has 0 amide bonds. The van der Waals surface area contributed by atoms with Crippen LogP contribution in [0.3, 0.4) is 0 Å². The third-order valence-electron chi connectivity index (χ3n) is 8.57. The van der Waals surface area contributed by atoms with Crippen molar-refractivity contribution in [2.45, 2.75) is 91.4 Å². The predicted octanol–water partition coefficient (Wildman–Crippen LogP) is 10.9. The number of phenols is 1. The monoisotopic (exact) mass is 640 g/mol. The second-order valence-corrected chi connectivity index (χ2v) is 15.6. The summed E-state index contributed by atoms with van der Waals surface area (Å²) in [5.74, 6) is 0.0283. The zero-order valence-corrected chi connectivity index (χ0v) is 29.0. The lowest BCUT2D eigenvalue weighted by Crippen LogP contribution is -2.18. The first-order valence-electron chi connectivity index (χ1n) is 16.0. The van der Waals surface area contributed by atoms with E-state index in [2.05, 4.69) is 19.9 Å². The third-order valence-corrected chi connectivity index (χ3v) is 9.80. The molecule has 0 fully saturated rings. The van der Waals surface area contributed by atoms with E-state index in [1.54, 1.807) is 30.3 Å². The summed E-state index contributed by atoms with van der Waals surface area (Å²) >= 11 is 0. The van der Waals surface area contributed by atoms with Crippen LogP contribution in [0.5, 0.6) is 17.2 Å². The minimum absolute atomic E-state index is 0.104. The molecule has 2 unspecified atom stereocenters. The van der Waals surface area contributed by atoms with Crippen molar-refractivity contribution in [1.82, 2.24) is 0 Å². The maximum atomic E-state index is 14.5. The lowest BCUT2D eigenvalue weighted by atomic mass is 9.77. The molecule has 1 aliphatic heterocycles. The van der Waals surface area contributed by atoms with Gasteiger partial charge in [-0.1, -0.05) is 110 Å². The number of unbranched alkanes of at least 4 members (excludes halogenated alkanes) is 1. The summed E-state index contributed by atoms with van der Waals surface area (Å²) in [6.45, 7) is 16.5. The van der Waals surface area contributed by atoms with Crippen molar-refractivity contribution in [3.8, 4) is 28.4 Å². The minimum atomic E-state index is -4.52. The quantitative estimate of drug-likeness (QED) is 0.211. The topological polar surface area (TPSA) is 82.1 Å². The molecule has 0 saturated heterocycles. The number of phosphoric acid groups is 1. The van der Waals surface area contributed by atoms with E-state index >= 15 is 0 Å². The molecule has 7 heteroatoms. The van der Waals surface area contributed by atoms with E-state index in [4.69, 9.17) is 13.6 Å². The Balaban J connectivity index is 1.60. The molecule has 1 aliphatic rings.